The van der Waals surface area contributed by atoms with Crippen molar-refractivity contribution in [2.24, 2.45) is 0 Å². The van der Waals surface area contributed by atoms with Gasteiger partial charge >= 0.3 is 0 Å². The number of piperidine rings is 1. The molecule has 2 amide bonds. The van der Waals surface area contributed by atoms with E-state index in [4.69, 9.17) is 0 Å². The minimum absolute atomic E-state index is 0.130. The normalized spacial score (nSPS) is 20.8. The summed E-state index contributed by atoms with van der Waals surface area (Å²) in [6, 6.07) is 10.2. The van der Waals surface area contributed by atoms with Crippen LogP contribution in [0.4, 0.5) is 0 Å². The highest BCUT2D eigenvalue weighted by Crippen LogP contribution is 2.24. The van der Waals surface area contributed by atoms with Crippen molar-refractivity contribution in [1.29, 1.82) is 0 Å². The van der Waals surface area contributed by atoms with Crippen LogP contribution in [0.2, 0.25) is 0 Å². The lowest BCUT2D eigenvalue weighted by Crippen LogP contribution is -2.58. The maximum Gasteiger partial charge on any atom is 0.255 e. The first kappa shape index (κ1) is 19.4. The number of aryl methyl sites for hydroxylation is 1. The molecule has 0 saturated carbocycles. The van der Waals surface area contributed by atoms with E-state index in [-0.39, 0.29) is 24.9 Å². The Morgan fingerprint density at radius 1 is 1.36 bits per heavy atom. The second kappa shape index (κ2) is 8.97. The molecule has 1 aliphatic heterocycles. The summed E-state index contributed by atoms with van der Waals surface area (Å²) in [4.78, 5) is 27.7. The van der Waals surface area contributed by atoms with Crippen molar-refractivity contribution in [3.05, 3.63) is 35.9 Å². The number of rotatable bonds is 8. The van der Waals surface area contributed by atoms with Crippen molar-refractivity contribution >= 4 is 11.8 Å². The number of benzene rings is 1. The van der Waals surface area contributed by atoms with Crippen molar-refractivity contribution < 1.29 is 14.7 Å². The lowest BCUT2D eigenvalue weighted by atomic mass is 9.91. The van der Waals surface area contributed by atoms with Gasteiger partial charge in [-0.25, -0.2) is 0 Å². The summed E-state index contributed by atoms with van der Waals surface area (Å²) < 4.78 is 0. The highest BCUT2D eigenvalue weighted by molar-refractivity contribution is 5.86. The third-order valence-corrected chi connectivity index (χ3v) is 4.66. The fourth-order valence-corrected chi connectivity index (χ4v) is 3.37. The number of hydrogen-bond acceptors (Lipinski definition) is 4. The SMILES string of the molecule is CNC(=O)CN(C)CC1(O)CCCN(CCCc2ccccc2)C1=O. The summed E-state index contributed by atoms with van der Waals surface area (Å²) in [6.07, 6.45) is 3.01. The van der Waals surface area contributed by atoms with E-state index in [0.717, 1.165) is 19.3 Å². The maximum absolute atomic E-state index is 12.7. The first-order valence-electron chi connectivity index (χ1n) is 8.89. The fourth-order valence-electron chi connectivity index (χ4n) is 3.37. The number of nitrogens with zero attached hydrogens (tertiary/aromatic N) is 2. The molecule has 1 unspecified atom stereocenters. The van der Waals surface area contributed by atoms with Gasteiger partial charge in [0.15, 0.2) is 5.60 Å². The number of amides is 2. The lowest BCUT2D eigenvalue weighted by molar-refractivity contribution is -0.159. The minimum atomic E-state index is -1.40. The monoisotopic (exact) mass is 347 g/mol. The van der Waals surface area contributed by atoms with Gasteiger partial charge in [-0.15, -0.1) is 0 Å². The molecule has 0 spiro atoms. The van der Waals surface area contributed by atoms with E-state index < -0.39 is 5.60 Å². The summed E-state index contributed by atoms with van der Waals surface area (Å²) in [5.41, 5.74) is -0.138. The van der Waals surface area contributed by atoms with E-state index in [1.807, 2.05) is 18.2 Å². The van der Waals surface area contributed by atoms with Crippen molar-refractivity contribution in [3.63, 3.8) is 0 Å². The third-order valence-electron chi connectivity index (χ3n) is 4.66. The van der Waals surface area contributed by atoms with Crippen molar-refractivity contribution in [2.45, 2.75) is 31.3 Å². The molecule has 0 radical (unpaired) electrons. The number of likely N-dealkylation sites (N-methyl/N-ethyl adjacent to an activating group) is 2. The Morgan fingerprint density at radius 3 is 2.76 bits per heavy atom. The summed E-state index contributed by atoms with van der Waals surface area (Å²) in [5.74, 6) is -0.343. The summed E-state index contributed by atoms with van der Waals surface area (Å²) in [7, 11) is 3.32. The van der Waals surface area contributed by atoms with Gasteiger partial charge in [-0.1, -0.05) is 30.3 Å². The van der Waals surface area contributed by atoms with Crippen LogP contribution in [-0.2, 0) is 16.0 Å². The van der Waals surface area contributed by atoms with E-state index in [9.17, 15) is 14.7 Å². The molecular formula is C19H29N3O3. The standard InChI is InChI=1S/C19H29N3O3/c1-20-17(23)14-21(2)15-19(25)11-7-13-22(18(19)24)12-6-10-16-8-4-3-5-9-16/h3-5,8-9,25H,6-7,10-15H2,1-2H3,(H,20,23). The number of nitrogens with one attached hydrogen (secondary N) is 1. The molecule has 1 atom stereocenters. The molecule has 1 fully saturated rings. The molecule has 25 heavy (non-hydrogen) atoms. The van der Waals surface area contributed by atoms with Gasteiger partial charge in [-0.2, -0.15) is 0 Å². The second-order valence-corrected chi connectivity index (χ2v) is 6.86. The average molecular weight is 347 g/mol. The third kappa shape index (κ3) is 5.54. The molecule has 6 nitrogen and oxygen atoms in total. The molecule has 138 valence electrons. The topological polar surface area (TPSA) is 72.9 Å². The first-order chi connectivity index (χ1) is 11.9. The molecule has 0 aromatic heterocycles. The van der Waals surface area contributed by atoms with E-state index in [2.05, 4.69) is 17.4 Å². The van der Waals surface area contributed by atoms with E-state index >= 15 is 0 Å². The zero-order chi connectivity index (χ0) is 18.3. The largest absolute Gasteiger partial charge is 0.379 e. The minimum Gasteiger partial charge on any atom is -0.379 e. The molecule has 6 heteroatoms. The summed E-state index contributed by atoms with van der Waals surface area (Å²) in [5, 5.41) is 13.4. The molecule has 1 heterocycles. The molecule has 0 bridgehead atoms. The molecule has 2 N–H and O–H groups in total. The number of likely N-dealkylation sites (tertiary alicyclic amines) is 1. The van der Waals surface area contributed by atoms with Crippen molar-refractivity contribution in [2.75, 3.05) is 40.3 Å². The summed E-state index contributed by atoms with van der Waals surface area (Å²) in [6.45, 7) is 1.68. The van der Waals surface area contributed by atoms with Gasteiger partial charge in [0.05, 0.1) is 6.54 Å². The predicted octanol–water partition coefficient (Wildman–Crippen LogP) is 0.651. The lowest BCUT2D eigenvalue weighted by Gasteiger charge is -2.40. The Kier molecular flexibility index (Phi) is 6.96. The second-order valence-electron chi connectivity index (χ2n) is 6.86. The van der Waals surface area contributed by atoms with Gasteiger partial charge in [-0.05, 0) is 38.3 Å². The highest BCUT2D eigenvalue weighted by atomic mass is 16.3. The van der Waals surface area contributed by atoms with E-state index in [1.165, 1.54) is 5.56 Å². The van der Waals surface area contributed by atoms with Crippen LogP contribution in [0.15, 0.2) is 30.3 Å². The molecule has 2 rings (SSSR count). The molecule has 1 saturated heterocycles. The van der Waals surface area contributed by atoms with Crippen LogP contribution >= 0.6 is 0 Å². The first-order valence-corrected chi connectivity index (χ1v) is 8.89. The molecule has 1 aromatic rings. The zero-order valence-electron chi connectivity index (χ0n) is 15.2. The van der Waals surface area contributed by atoms with E-state index in [0.29, 0.717) is 19.5 Å². The van der Waals surface area contributed by atoms with Gasteiger partial charge in [0.2, 0.25) is 5.91 Å². The highest BCUT2D eigenvalue weighted by Gasteiger charge is 2.42. The number of aliphatic hydroxyl groups is 1. The Hall–Kier alpha value is -1.92. The Bertz CT molecular complexity index is 579. The zero-order valence-corrected chi connectivity index (χ0v) is 15.2. The van der Waals surface area contributed by atoms with Gasteiger partial charge < -0.3 is 15.3 Å². The van der Waals surface area contributed by atoms with Crippen LogP contribution < -0.4 is 5.32 Å². The van der Waals surface area contributed by atoms with Crippen molar-refractivity contribution in [1.82, 2.24) is 15.1 Å². The number of carbonyl (C=O) groups is 2. The van der Waals surface area contributed by atoms with Crippen LogP contribution in [0.3, 0.4) is 0 Å². The average Bonchev–Trinajstić information content (AvgIpc) is 2.59. The Morgan fingerprint density at radius 2 is 2.08 bits per heavy atom. The van der Waals surface area contributed by atoms with Crippen LogP contribution in [0.1, 0.15) is 24.8 Å². The van der Waals surface area contributed by atoms with Gasteiger partial charge in [0.1, 0.15) is 0 Å². The van der Waals surface area contributed by atoms with Crippen molar-refractivity contribution in [3.8, 4) is 0 Å². The van der Waals surface area contributed by atoms with E-state index in [1.54, 1.807) is 23.9 Å². The quantitative estimate of drug-likeness (QED) is 0.724. The molecular weight excluding hydrogens is 318 g/mol. The number of hydrogen-bond donors (Lipinski definition) is 2. The van der Waals surface area contributed by atoms with Gasteiger partial charge in [0, 0.05) is 26.7 Å². The molecule has 0 aliphatic carbocycles. The van der Waals surface area contributed by atoms with Crippen LogP contribution in [0, 0.1) is 0 Å². The fraction of sp³-hybridized carbons (Fsp3) is 0.579. The summed E-state index contributed by atoms with van der Waals surface area (Å²) >= 11 is 0. The Balaban J connectivity index is 1.87. The van der Waals surface area contributed by atoms with Gasteiger partial charge in [0.25, 0.3) is 5.91 Å². The van der Waals surface area contributed by atoms with Crippen LogP contribution in [-0.4, -0.2) is 72.6 Å². The Labute approximate surface area is 149 Å². The maximum atomic E-state index is 12.7. The van der Waals surface area contributed by atoms with Crippen LogP contribution in [0.5, 0.6) is 0 Å². The van der Waals surface area contributed by atoms with Crippen LogP contribution in [0.25, 0.3) is 0 Å². The molecule has 1 aliphatic rings. The predicted molar refractivity (Wildman–Crippen MR) is 97.1 cm³/mol. The van der Waals surface area contributed by atoms with Gasteiger partial charge in [-0.3, -0.25) is 14.5 Å². The number of carbonyl (C=O) groups excluding carboxylic acids is 2. The smallest absolute Gasteiger partial charge is 0.255 e. The molecule has 1 aromatic carbocycles.